The topological polar surface area (TPSA) is 73.0 Å². The predicted molar refractivity (Wildman–Crippen MR) is 78.5 cm³/mol. The molecule has 0 fully saturated rings. The zero-order valence-corrected chi connectivity index (χ0v) is 12.6. The van der Waals surface area contributed by atoms with E-state index in [0.29, 0.717) is 9.90 Å². The first-order chi connectivity index (χ1) is 9.61. The Bertz CT molecular complexity index is 735. The van der Waals surface area contributed by atoms with Gasteiger partial charge >= 0.3 is 0 Å². The first-order valence-corrected chi connectivity index (χ1v) is 8.93. The van der Waals surface area contributed by atoms with Gasteiger partial charge in [0.25, 0.3) is 0 Å². The van der Waals surface area contributed by atoms with Crippen LogP contribution in [-0.2, 0) is 29.2 Å². The van der Waals surface area contributed by atoms with Crippen LogP contribution in [0, 0.1) is 0 Å². The third-order valence-corrected chi connectivity index (χ3v) is 6.83. The Balaban J connectivity index is 2.02. The monoisotopic (exact) mass is 308 g/mol. The van der Waals surface area contributed by atoms with E-state index in [4.69, 9.17) is 5.73 Å². The number of aromatic nitrogens is 1. The van der Waals surface area contributed by atoms with Gasteiger partial charge in [0.05, 0.1) is 11.1 Å². The largest absolute Gasteiger partial charge is 0.325 e. The lowest BCUT2D eigenvalue weighted by Crippen LogP contribution is -2.06. The molecule has 6 heteroatoms. The van der Waals surface area contributed by atoms with E-state index in [9.17, 15) is 8.42 Å². The van der Waals surface area contributed by atoms with Gasteiger partial charge in [0.15, 0.2) is 0 Å². The zero-order valence-electron chi connectivity index (χ0n) is 11.0. The summed E-state index contributed by atoms with van der Waals surface area (Å²) in [6, 6.07) is 5.49. The highest BCUT2D eigenvalue weighted by molar-refractivity contribution is 7.93. The number of thiazole rings is 1. The highest BCUT2D eigenvalue weighted by Crippen LogP contribution is 2.29. The van der Waals surface area contributed by atoms with Gasteiger partial charge in [0.1, 0.15) is 9.22 Å². The summed E-state index contributed by atoms with van der Waals surface area (Å²) in [5.74, 6) is 0. The fraction of sp³-hybridized carbons (Fsp3) is 0.357. The van der Waals surface area contributed by atoms with Gasteiger partial charge in [0, 0.05) is 6.54 Å². The Kier molecular flexibility index (Phi) is 3.62. The number of hydrogen-bond acceptors (Lipinski definition) is 5. The lowest BCUT2D eigenvalue weighted by Gasteiger charge is -2.16. The van der Waals surface area contributed by atoms with E-state index in [1.54, 1.807) is 6.07 Å². The van der Waals surface area contributed by atoms with Crippen LogP contribution in [0.1, 0.15) is 29.0 Å². The van der Waals surface area contributed by atoms with Gasteiger partial charge < -0.3 is 5.73 Å². The predicted octanol–water partition coefficient (Wildman–Crippen LogP) is 2.31. The number of hydrogen-bond donors (Lipinski definition) is 1. The molecule has 1 aromatic carbocycles. The Morgan fingerprint density at radius 2 is 1.95 bits per heavy atom. The molecule has 1 aliphatic rings. The van der Waals surface area contributed by atoms with Crippen molar-refractivity contribution in [2.75, 3.05) is 0 Å². The molecule has 0 spiro atoms. The summed E-state index contributed by atoms with van der Waals surface area (Å²) in [6.45, 7) is 0.268. The van der Waals surface area contributed by atoms with Gasteiger partial charge in [-0.25, -0.2) is 13.4 Å². The maximum atomic E-state index is 12.6. The molecule has 0 bridgehead atoms. The van der Waals surface area contributed by atoms with E-state index < -0.39 is 9.84 Å². The van der Waals surface area contributed by atoms with E-state index in [1.807, 2.05) is 12.1 Å². The standard InChI is InChI=1S/C14H16N2O2S2/c15-8-13-16-9-14(19-13)20(17,18)12-6-5-10-3-1-2-4-11(10)7-12/h5-7,9H,1-4,8,15H2. The lowest BCUT2D eigenvalue weighted by molar-refractivity contribution is 0.597. The van der Waals surface area contributed by atoms with Gasteiger partial charge in [-0.3, -0.25) is 0 Å². The van der Waals surface area contributed by atoms with Crippen molar-refractivity contribution in [2.24, 2.45) is 5.73 Å². The van der Waals surface area contributed by atoms with Crippen LogP contribution in [0.25, 0.3) is 0 Å². The highest BCUT2D eigenvalue weighted by Gasteiger charge is 2.22. The molecule has 0 unspecified atom stereocenters. The smallest absolute Gasteiger partial charge is 0.217 e. The average molecular weight is 308 g/mol. The summed E-state index contributed by atoms with van der Waals surface area (Å²) in [5.41, 5.74) is 7.94. The van der Waals surface area contributed by atoms with Crippen molar-refractivity contribution >= 4 is 21.2 Å². The molecule has 0 aliphatic heterocycles. The minimum atomic E-state index is -3.46. The Labute approximate surface area is 122 Å². The van der Waals surface area contributed by atoms with Crippen molar-refractivity contribution in [3.05, 3.63) is 40.5 Å². The van der Waals surface area contributed by atoms with Crippen LogP contribution in [0.5, 0.6) is 0 Å². The van der Waals surface area contributed by atoms with Gasteiger partial charge in [-0.2, -0.15) is 0 Å². The van der Waals surface area contributed by atoms with Crippen molar-refractivity contribution in [3.8, 4) is 0 Å². The maximum Gasteiger partial charge on any atom is 0.217 e. The molecule has 1 aromatic heterocycles. The molecule has 1 aliphatic carbocycles. The zero-order chi connectivity index (χ0) is 14.2. The molecular formula is C14H16N2O2S2. The van der Waals surface area contributed by atoms with Crippen LogP contribution < -0.4 is 5.73 Å². The molecule has 3 rings (SSSR count). The average Bonchev–Trinajstić information content (AvgIpc) is 2.96. The quantitative estimate of drug-likeness (QED) is 0.944. The fourth-order valence-corrected chi connectivity index (χ4v) is 5.02. The molecule has 1 heterocycles. The molecule has 4 nitrogen and oxygen atoms in total. The number of aryl methyl sites for hydroxylation is 2. The number of nitrogens with two attached hydrogens (primary N) is 1. The SMILES string of the molecule is NCc1ncc(S(=O)(=O)c2ccc3c(c2)CCCC3)s1. The summed E-state index contributed by atoms with van der Waals surface area (Å²) < 4.78 is 25.4. The van der Waals surface area contributed by atoms with E-state index in [1.165, 1.54) is 23.7 Å². The molecule has 0 radical (unpaired) electrons. The summed E-state index contributed by atoms with van der Waals surface area (Å²) in [7, 11) is -3.46. The first kappa shape index (κ1) is 13.7. The van der Waals surface area contributed by atoms with Crippen molar-refractivity contribution in [1.29, 1.82) is 0 Å². The van der Waals surface area contributed by atoms with Crippen molar-refractivity contribution in [1.82, 2.24) is 4.98 Å². The summed E-state index contributed by atoms with van der Waals surface area (Å²) in [4.78, 5) is 4.39. The number of fused-ring (bicyclic) bond motifs is 1. The summed E-state index contributed by atoms with van der Waals surface area (Å²) in [5, 5.41) is 0.640. The summed E-state index contributed by atoms with van der Waals surface area (Å²) in [6.07, 6.45) is 5.74. The van der Waals surface area contributed by atoms with E-state index in [2.05, 4.69) is 4.98 Å². The number of sulfone groups is 1. The van der Waals surface area contributed by atoms with Crippen molar-refractivity contribution in [2.45, 2.75) is 41.3 Å². The Morgan fingerprint density at radius 1 is 1.20 bits per heavy atom. The molecule has 0 atom stereocenters. The molecule has 0 saturated heterocycles. The van der Waals surface area contributed by atoms with Crippen LogP contribution in [0.15, 0.2) is 33.5 Å². The third-order valence-electron chi connectivity index (χ3n) is 3.60. The van der Waals surface area contributed by atoms with Crippen LogP contribution in [0.2, 0.25) is 0 Å². The van der Waals surface area contributed by atoms with Crippen LogP contribution in [0.4, 0.5) is 0 Å². The van der Waals surface area contributed by atoms with E-state index >= 15 is 0 Å². The maximum absolute atomic E-state index is 12.6. The lowest BCUT2D eigenvalue weighted by atomic mass is 9.92. The third kappa shape index (κ3) is 2.39. The number of benzene rings is 1. The van der Waals surface area contributed by atoms with Gasteiger partial charge in [-0.15, -0.1) is 11.3 Å². The van der Waals surface area contributed by atoms with E-state index in [-0.39, 0.29) is 10.8 Å². The van der Waals surface area contributed by atoms with Crippen LogP contribution in [-0.4, -0.2) is 13.4 Å². The molecule has 0 saturated carbocycles. The molecule has 2 N–H and O–H groups in total. The second kappa shape index (κ2) is 5.27. The normalized spacial score (nSPS) is 15.1. The molecule has 20 heavy (non-hydrogen) atoms. The highest BCUT2D eigenvalue weighted by atomic mass is 32.2. The number of rotatable bonds is 3. The van der Waals surface area contributed by atoms with Crippen LogP contribution in [0.3, 0.4) is 0 Å². The Morgan fingerprint density at radius 3 is 2.65 bits per heavy atom. The van der Waals surface area contributed by atoms with Crippen molar-refractivity contribution < 1.29 is 8.42 Å². The molecule has 106 valence electrons. The second-order valence-electron chi connectivity index (χ2n) is 4.92. The van der Waals surface area contributed by atoms with Crippen molar-refractivity contribution in [3.63, 3.8) is 0 Å². The summed E-state index contributed by atoms with van der Waals surface area (Å²) >= 11 is 1.15. The van der Waals surface area contributed by atoms with Crippen LogP contribution >= 0.6 is 11.3 Å². The van der Waals surface area contributed by atoms with Gasteiger partial charge in [-0.05, 0) is 48.9 Å². The first-order valence-electron chi connectivity index (χ1n) is 6.63. The van der Waals surface area contributed by atoms with Gasteiger partial charge in [0.2, 0.25) is 9.84 Å². The second-order valence-corrected chi connectivity index (χ2v) is 8.21. The van der Waals surface area contributed by atoms with Gasteiger partial charge in [-0.1, -0.05) is 6.07 Å². The minimum absolute atomic E-state index is 0.268. The molecular weight excluding hydrogens is 292 g/mol. The fourth-order valence-electron chi connectivity index (χ4n) is 2.51. The minimum Gasteiger partial charge on any atom is -0.325 e. The number of nitrogens with zero attached hydrogens (tertiary/aromatic N) is 1. The molecule has 0 amide bonds. The Hall–Kier alpha value is -1.24. The van der Waals surface area contributed by atoms with E-state index in [0.717, 1.165) is 30.6 Å². The molecule has 2 aromatic rings.